The number of rotatable bonds is 6. The van der Waals surface area contributed by atoms with Crippen LogP contribution in [0, 0.1) is 5.82 Å². The Morgan fingerprint density at radius 1 is 1.19 bits per heavy atom. The lowest BCUT2D eigenvalue weighted by Crippen LogP contribution is -2.40. The van der Waals surface area contributed by atoms with Gasteiger partial charge in [0, 0.05) is 31.5 Å². The van der Waals surface area contributed by atoms with Crippen LogP contribution in [0.3, 0.4) is 0 Å². The summed E-state index contributed by atoms with van der Waals surface area (Å²) in [5.74, 6) is -0.670. The fraction of sp³-hybridized carbons (Fsp3) is 0.182. The minimum Gasteiger partial charge on any atom is -0.349 e. The summed E-state index contributed by atoms with van der Waals surface area (Å²) in [6.07, 6.45) is 5.29. The topological polar surface area (TPSA) is 77.6 Å². The zero-order chi connectivity index (χ0) is 22.0. The van der Waals surface area contributed by atoms with Gasteiger partial charge in [-0.05, 0) is 49.4 Å². The van der Waals surface area contributed by atoms with Gasteiger partial charge in [0.15, 0.2) is 5.69 Å². The molecule has 3 aromatic heterocycles. The van der Waals surface area contributed by atoms with Crippen LogP contribution in [0.1, 0.15) is 28.7 Å². The summed E-state index contributed by atoms with van der Waals surface area (Å²) < 4.78 is 16.4. The van der Waals surface area contributed by atoms with E-state index >= 15 is 0 Å². The van der Waals surface area contributed by atoms with Crippen LogP contribution in [0.5, 0.6) is 0 Å². The average molecular weight is 439 g/mol. The van der Waals surface area contributed by atoms with Gasteiger partial charge in [-0.1, -0.05) is 17.7 Å². The second-order valence-electron chi connectivity index (χ2n) is 7.38. The van der Waals surface area contributed by atoms with E-state index in [0.29, 0.717) is 16.5 Å². The number of nitrogens with zero attached hydrogens (tertiary/aromatic N) is 5. The number of benzene rings is 1. The van der Waals surface area contributed by atoms with Crippen LogP contribution in [-0.4, -0.2) is 37.0 Å². The Morgan fingerprint density at radius 3 is 2.65 bits per heavy atom. The fourth-order valence-electron chi connectivity index (χ4n) is 3.29. The van der Waals surface area contributed by atoms with Crippen molar-refractivity contribution < 1.29 is 9.18 Å². The Hall–Kier alpha value is -3.52. The number of carbonyl (C=O) groups excluding carboxylic acids is 1. The van der Waals surface area contributed by atoms with Crippen molar-refractivity contribution in [3.8, 4) is 5.69 Å². The molecule has 4 rings (SSSR count). The highest BCUT2D eigenvalue weighted by Crippen LogP contribution is 2.30. The number of aromatic nitrogens is 5. The number of amides is 1. The molecule has 0 spiro atoms. The van der Waals surface area contributed by atoms with E-state index in [1.54, 1.807) is 41.3 Å². The number of hydrogen-bond acceptors (Lipinski definition) is 4. The molecule has 0 saturated heterocycles. The molecule has 1 aromatic carbocycles. The maximum Gasteiger partial charge on any atom is 0.271 e. The third-order valence-corrected chi connectivity index (χ3v) is 5.35. The zero-order valence-electron chi connectivity index (χ0n) is 17.0. The standard InChI is InChI=1S/C22H20ClFN6O/c1-22(15-12-26-29(2)13-15,19-4-3-5-20(23)27-19)14-25-21(31)18-10-11-30(28-18)17-8-6-16(24)7-9-17/h3-13H,14H2,1-2H3,(H,25,31). The zero-order valence-corrected chi connectivity index (χ0v) is 17.7. The van der Waals surface area contributed by atoms with E-state index in [4.69, 9.17) is 11.6 Å². The summed E-state index contributed by atoms with van der Waals surface area (Å²) >= 11 is 6.12. The number of halogens is 2. The van der Waals surface area contributed by atoms with Gasteiger partial charge in [-0.15, -0.1) is 0 Å². The molecule has 0 fully saturated rings. The Balaban J connectivity index is 1.56. The van der Waals surface area contributed by atoms with Crippen LogP contribution in [0.15, 0.2) is 67.1 Å². The Labute approximate surface area is 183 Å². The summed E-state index contributed by atoms with van der Waals surface area (Å²) in [6, 6.07) is 12.9. The molecule has 9 heteroatoms. The minimum atomic E-state index is -0.658. The lowest BCUT2D eigenvalue weighted by Gasteiger charge is -2.28. The molecule has 1 unspecified atom stereocenters. The van der Waals surface area contributed by atoms with Crippen LogP contribution in [0.4, 0.5) is 4.39 Å². The third-order valence-electron chi connectivity index (χ3n) is 5.14. The summed E-state index contributed by atoms with van der Waals surface area (Å²) in [4.78, 5) is 17.3. The van der Waals surface area contributed by atoms with Gasteiger partial charge in [-0.2, -0.15) is 10.2 Å². The predicted molar refractivity (Wildman–Crippen MR) is 115 cm³/mol. The first-order valence-corrected chi connectivity index (χ1v) is 9.95. The third kappa shape index (κ3) is 4.34. The summed E-state index contributed by atoms with van der Waals surface area (Å²) in [5, 5.41) is 11.9. The number of nitrogens with one attached hydrogen (secondary N) is 1. The fourth-order valence-corrected chi connectivity index (χ4v) is 3.46. The SMILES string of the molecule is Cn1cc(C(C)(CNC(=O)c2ccn(-c3ccc(F)cc3)n2)c2cccc(Cl)n2)cn1. The molecule has 0 bridgehead atoms. The molecule has 0 aliphatic rings. The normalized spacial score (nSPS) is 13.0. The van der Waals surface area contributed by atoms with Crippen molar-refractivity contribution in [3.05, 3.63) is 95.0 Å². The first kappa shape index (κ1) is 20.7. The van der Waals surface area contributed by atoms with Gasteiger partial charge >= 0.3 is 0 Å². The summed E-state index contributed by atoms with van der Waals surface area (Å²) in [7, 11) is 1.83. The molecule has 7 nitrogen and oxygen atoms in total. The molecule has 0 saturated carbocycles. The van der Waals surface area contributed by atoms with Crippen LogP contribution in [-0.2, 0) is 12.5 Å². The molecule has 0 aliphatic carbocycles. The van der Waals surface area contributed by atoms with Gasteiger partial charge in [0.2, 0.25) is 0 Å². The van der Waals surface area contributed by atoms with Gasteiger partial charge in [0.25, 0.3) is 5.91 Å². The molecule has 1 atom stereocenters. The van der Waals surface area contributed by atoms with Crippen LogP contribution >= 0.6 is 11.6 Å². The van der Waals surface area contributed by atoms with Crippen molar-refractivity contribution in [2.75, 3.05) is 6.54 Å². The van der Waals surface area contributed by atoms with E-state index in [2.05, 4.69) is 20.5 Å². The smallest absolute Gasteiger partial charge is 0.271 e. The first-order chi connectivity index (χ1) is 14.8. The summed E-state index contributed by atoms with van der Waals surface area (Å²) in [5.41, 5.74) is 1.85. The lowest BCUT2D eigenvalue weighted by molar-refractivity contribution is 0.0941. The van der Waals surface area contributed by atoms with Crippen LogP contribution < -0.4 is 5.32 Å². The Morgan fingerprint density at radius 2 is 1.97 bits per heavy atom. The largest absolute Gasteiger partial charge is 0.349 e. The van der Waals surface area contributed by atoms with Crippen molar-refractivity contribution in [1.82, 2.24) is 29.9 Å². The van der Waals surface area contributed by atoms with E-state index in [0.717, 1.165) is 5.56 Å². The van der Waals surface area contributed by atoms with Crippen molar-refractivity contribution in [2.45, 2.75) is 12.3 Å². The van der Waals surface area contributed by atoms with Gasteiger partial charge in [0.1, 0.15) is 11.0 Å². The quantitative estimate of drug-likeness (QED) is 0.467. The highest BCUT2D eigenvalue weighted by Gasteiger charge is 2.33. The second-order valence-corrected chi connectivity index (χ2v) is 7.77. The molecule has 0 radical (unpaired) electrons. The van der Waals surface area contributed by atoms with Crippen molar-refractivity contribution in [3.63, 3.8) is 0 Å². The molecule has 4 aromatic rings. The molecule has 0 aliphatic heterocycles. The monoisotopic (exact) mass is 438 g/mol. The van der Waals surface area contributed by atoms with E-state index in [-0.39, 0.29) is 24.0 Å². The second kappa shape index (κ2) is 8.31. The van der Waals surface area contributed by atoms with E-state index in [1.165, 1.54) is 16.8 Å². The summed E-state index contributed by atoms with van der Waals surface area (Å²) in [6.45, 7) is 2.23. The molecule has 1 amide bonds. The van der Waals surface area contributed by atoms with Crippen LogP contribution in [0.2, 0.25) is 5.15 Å². The first-order valence-electron chi connectivity index (χ1n) is 9.57. The number of aryl methyl sites for hydroxylation is 1. The van der Waals surface area contributed by atoms with Gasteiger partial charge < -0.3 is 5.32 Å². The van der Waals surface area contributed by atoms with Gasteiger partial charge in [-0.25, -0.2) is 14.1 Å². The van der Waals surface area contributed by atoms with Crippen molar-refractivity contribution >= 4 is 17.5 Å². The average Bonchev–Trinajstić information content (AvgIpc) is 3.42. The highest BCUT2D eigenvalue weighted by molar-refractivity contribution is 6.29. The Bertz CT molecular complexity index is 1220. The van der Waals surface area contributed by atoms with Crippen molar-refractivity contribution in [2.24, 2.45) is 7.05 Å². The van der Waals surface area contributed by atoms with Gasteiger partial charge in [0.05, 0.1) is 23.0 Å². The van der Waals surface area contributed by atoms with E-state index in [1.807, 2.05) is 32.3 Å². The number of pyridine rings is 1. The van der Waals surface area contributed by atoms with E-state index < -0.39 is 5.41 Å². The maximum atomic E-state index is 13.1. The van der Waals surface area contributed by atoms with Gasteiger partial charge in [-0.3, -0.25) is 9.48 Å². The van der Waals surface area contributed by atoms with Crippen molar-refractivity contribution in [1.29, 1.82) is 0 Å². The molecule has 158 valence electrons. The number of carbonyl (C=O) groups is 1. The predicted octanol–water partition coefficient (Wildman–Crippen LogP) is 3.53. The van der Waals surface area contributed by atoms with E-state index in [9.17, 15) is 9.18 Å². The van der Waals surface area contributed by atoms with Crippen LogP contribution in [0.25, 0.3) is 5.69 Å². The molecule has 31 heavy (non-hydrogen) atoms. The number of hydrogen-bond donors (Lipinski definition) is 1. The molecule has 1 N–H and O–H groups in total. The molecular formula is C22H20ClFN6O. The maximum absolute atomic E-state index is 13.1. The Kier molecular flexibility index (Phi) is 5.56. The lowest BCUT2D eigenvalue weighted by atomic mass is 9.80. The highest BCUT2D eigenvalue weighted by atomic mass is 35.5. The minimum absolute atomic E-state index is 0.247. The molecule has 3 heterocycles. The molecular weight excluding hydrogens is 419 g/mol.